The van der Waals surface area contributed by atoms with Crippen LogP contribution in [0, 0.1) is 0 Å². The number of hydrogen-bond acceptors (Lipinski definition) is 4. The zero-order valence-electron chi connectivity index (χ0n) is 8.20. The van der Waals surface area contributed by atoms with Crippen molar-refractivity contribution in [3.63, 3.8) is 0 Å². The van der Waals surface area contributed by atoms with Crippen molar-refractivity contribution < 1.29 is 4.52 Å². The number of rotatable bonds is 2. The standard InChI is InChI=1S/C10H10ClN3O/c1-2-7-4-9(14-15-7)8-3-6(11)5-13-10(8)12/h3-5H,2H2,1H3,(H2,12,13). The summed E-state index contributed by atoms with van der Waals surface area (Å²) in [5.41, 5.74) is 7.09. The Morgan fingerprint density at radius 1 is 1.47 bits per heavy atom. The average molecular weight is 224 g/mol. The zero-order chi connectivity index (χ0) is 10.8. The quantitative estimate of drug-likeness (QED) is 0.850. The molecule has 0 aromatic carbocycles. The molecule has 0 radical (unpaired) electrons. The fraction of sp³-hybridized carbons (Fsp3) is 0.200. The molecule has 0 atom stereocenters. The predicted octanol–water partition coefficient (Wildman–Crippen LogP) is 2.53. The summed E-state index contributed by atoms with van der Waals surface area (Å²) in [7, 11) is 0. The van der Waals surface area contributed by atoms with Crippen molar-refractivity contribution in [3.8, 4) is 11.3 Å². The third kappa shape index (κ3) is 1.94. The number of halogens is 1. The molecule has 0 aliphatic rings. The molecule has 0 aliphatic carbocycles. The lowest BCUT2D eigenvalue weighted by molar-refractivity contribution is 0.389. The van der Waals surface area contributed by atoms with Gasteiger partial charge in [0.25, 0.3) is 0 Å². The van der Waals surface area contributed by atoms with E-state index in [1.807, 2.05) is 13.0 Å². The second-order valence-corrected chi connectivity index (χ2v) is 3.55. The Morgan fingerprint density at radius 3 is 2.93 bits per heavy atom. The van der Waals surface area contributed by atoms with Gasteiger partial charge in [-0.15, -0.1) is 0 Å². The highest BCUT2D eigenvalue weighted by molar-refractivity contribution is 6.30. The molecular formula is C10H10ClN3O. The van der Waals surface area contributed by atoms with Crippen molar-refractivity contribution in [2.24, 2.45) is 0 Å². The molecular weight excluding hydrogens is 214 g/mol. The van der Waals surface area contributed by atoms with Gasteiger partial charge >= 0.3 is 0 Å². The maximum Gasteiger partial charge on any atom is 0.137 e. The van der Waals surface area contributed by atoms with Crippen LogP contribution in [0.4, 0.5) is 5.82 Å². The van der Waals surface area contributed by atoms with Gasteiger partial charge < -0.3 is 10.3 Å². The molecule has 5 heteroatoms. The Bertz CT molecular complexity index is 481. The Morgan fingerprint density at radius 2 is 2.27 bits per heavy atom. The molecule has 0 fully saturated rings. The van der Waals surface area contributed by atoms with Gasteiger partial charge in [0.2, 0.25) is 0 Å². The van der Waals surface area contributed by atoms with Crippen LogP contribution in [-0.2, 0) is 6.42 Å². The van der Waals surface area contributed by atoms with E-state index in [0.29, 0.717) is 22.1 Å². The van der Waals surface area contributed by atoms with Crippen molar-refractivity contribution in [1.82, 2.24) is 10.1 Å². The van der Waals surface area contributed by atoms with E-state index < -0.39 is 0 Å². The van der Waals surface area contributed by atoms with E-state index >= 15 is 0 Å². The first kappa shape index (κ1) is 9.98. The first-order valence-corrected chi connectivity index (χ1v) is 4.95. The van der Waals surface area contributed by atoms with E-state index in [1.54, 1.807) is 6.07 Å². The van der Waals surface area contributed by atoms with E-state index in [-0.39, 0.29) is 0 Å². The van der Waals surface area contributed by atoms with E-state index in [9.17, 15) is 0 Å². The second-order valence-electron chi connectivity index (χ2n) is 3.12. The van der Waals surface area contributed by atoms with E-state index in [4.69, 9.17) is 21.9 Å². The summed E-state index contributed by atoms with van der Waals surface area (Å²) >= 11 is 5.83. The molecule has 2 N–H and O–H groups in total. The molecule has 0 bridgehead atoms. The molecule has 0 spiro atoms. The Hall–Kier alpha value is -1.55. The average Bonchev–Trinajstić information content (AvgIpc) is 2.70. The molecule has 0 unspecified atom stereocenters. The van der Waals surface area contributed by atoms with Crippen LogP contribution in [0.1, 0.15) is 12.7 Å². The second kappa shape index (κ2) is 3.90. The van der Waals surface area contributed by atoms with Gasteiger partial charge in [-0.2, -0.15) is 0 Å². The van der Waals surface area contributed by atoms with Crippen LogP contribution in [0.25, 0.3) is 11.3 Å². The number of nitrogen functional groups attached to an aromatic ring is 1. The minimum atomic E-state index is 0.398. The van der Waals surface area contributed by atoms with Crippen LogP contribution in [0.15, 0.2) is 22.9 Å². The molecule has 4 nitrogen and oxygen atoms in total. The maximum atomic E-state index is 5.83. The third-order valence-electron chi connectivity index (χ3n) is 2.07. The van der Waals surface area contributed by atoms with Crippen molar-refractivity contribution >= 4 is 17.4 Å². The van der Waals surface area contributed by atoms with Crippen molar-refractivity contribution in [2.75, 3.05) is 5.73 Å². The monoisotopic (exact) mass is 223 g/mol. The highest BCUT2D eigenvalue weighted by Gasteiger charge is 2.09. The topological polar surface area (TPSA) is 64.9 Å². The van der Waals surface area contributed by atoms with Gasteiger partial charge in [-0.1, -0.05) is 23.7 Å². The van der Waals surface area contributed by atoms with Crippen LogP contribution in [0.5, 0.6) is 0 Å². The molecule has 0 aliphatic heterocycles. The van der Waals surface area contributed by atoms with Crippen LogP contribution in [0.2, 0.25) is 5.02 Å². The normalized spacial score (nSPS) is 10.5. The van der Waals surface area contributed by atoms with Gasteiger partial charge in [0.05, 0.1) is 5.02 Å². The highest BCUT2D eigenvalue weighted by Crippen LogP contribution is 2.26. The molecule has 78 valence electrons. The lowest BCUT2D eigenvalue weighted by Gasteiger charge is -2.00. The third-order valence-corrected chi connectivity index (χ3v) is 2.28. The van der Waals surface area contributed by atoms with Gasteiger partial charge in [0.1, 0.15) is 17.3 Å². The summed E-state index contributed by atoms with van der Waals surface area (Å²) in [6.07, 6.45) is 2.29. The largest absolute Gasteiger partial charge is 0.383 e. The van der Waals surface area contributed by atoms with Crippen LogP contribution >= 0.6 is 11.6 Å². The Kier molecular flexibility index (Phi) is 2.60. The molecule has 0 amide bonds. The van der Waals surface area contributed by atoms with Crippen molar-refractivity contribution in [3.05, 3.63) is 29.1 Å². The summed E-state index contributed by atoms with van der Waals surface area (Å²) < 4.78 is 5.09. The van der Waals surface area contributed by atoms with Crippen molar-refractivity contribution in [2.45, 2.75) is 13.3 Å². The SMILES string of the molecule is CCc1cc(-c2cc(Cl)cnc2N)no1. The van der Waals surface area contributed by atoms with Gasteiger partial charge in [-0.3, -0.25) is 0 Å². The lowest BCUT2D eigenvalue weighted by Crippen LogP contribution is -1.93. The first-order chi connectivity index (χ1) is 7.20. The number of hydrogen-bond donors (Lipinski definition) is 1. The number of pyridine rings is 1. The predicted molar refractivity (Wildman–Crippen MR) is 58.5 cm³/mol. The number of aromatic nitrogens is 2. The van der Waals surface area contributed by atoms with E-state index in [2.05, 4.69) is 10.1 Å². The fourth-order valence-corrected chi connectivity index (χ4v) is 1.42. The Labute approximate surface area is 92.0 Å². The summed E-state index contributed by atoms with van der Waals surface area (Å²) in [4.78, 5) is 3.95. The fourth-order valence-electron chi connectivity index (χ4n) is 1.26. The minimum absolute atomic E-state index is 0.398. The molecule has 0 saturated carbocycles. The van der Waals surface area contributed by atoms with Crippen LogP contribution in [0.3, 0.4) is 0 Å². The van der Waals surface area contributed by atoms with Crippen molar-refractivity contribution in [1.29, 1.82) is 0 Å². The van der Waals surface area contributed by atoms with Gasteiger partial charge in [0.15, 0.2) is 0 Å². The Balaban J connectivity index is 2.48. The highest BCUT2D eigenvalue weighted by atomic mass is 35.5. The van der Waals surface area contributed by atoms with E-state index in [1.165, 1.54) is 6.20 Å². The van der Waals surface area contributed by atoms with E-state index in [0.717, 1.165) is 12.2 Å². The summed E-state index contributed by atoms with van der Waals surface area (Å²) in [5, 5.41) is 4.43. The first-order valence-electron chi connectivity index (χ1n) is 4.57. The summed E-state index contributed by atoms with van der Waals surface area (Å²) in [5.74, 6) is 1.21. The van der Waals surface area contributed by atoms with Crippen LogP contribution in [-0.4, -0.2) is 10.1 Å². The molecule has 15 heavy (non-hydrogen) atoms. The van der Waals surface area contributed by atoms with Gasteiger partial charge in [-0.05, 0) is 6.07 Å². The van der Waals surface area contributed by atoms with Gasteiger partial charge in [0, 0.05) is 24.2 Å². The van der Waals surface area contributed by atoms with Gasteiger partial charge in [-0.25, -0.2) is 4.98 Å². The number of nitrogens with zero attached hydrogens (tertiary/aromatic N) is 2. The summed E-state index contributed by atoms with van der Waals surface area (Å²) in [6, 6.07) is 3.56. The maximum absolute atomic E-state index is 5.83. The number of anilines is 1. The molecule has 2 aromatic rings. The smallest absolute Gasteiger partial charge is 0.137 e. The molecule has 2 heterocycles. The molecule has 0 saturated heterocycles. The molecule has 2 rings (SSSR count). The summed E-state index contributed by atoms with van der Waals surface area (Å²) in [6.45, 7) is 1.99. The number of aryl methyl sites for hydroxylation is 1. The van der Waals surface area contributed by atoms with Crippen LogP contribution < -0.4 is 5.73 Å². The zero-order valence-corrected chi connectivity index (χ0v) is 8.95. The lowest BCUT2D eigenvalue weighted by atomic mass is 10.2. The molecule has 2 aromatic heterocycles. The number of nitrogens with two attached hydrogens (primary N) is 1. The minimum Gasteiger partial charge on any atom is -0.383 e.